The molecule has 4 rings (SSSR count). The Balaban J connectivity index is 1.58. The number of aromatic nitrogens is 3. The molecular weight excluding hydrogens is 318 g/mol. The van der Waals surface area contributed by atoms with Gasteiger partial charge in [-0.05, 0) is 38.2 Å². The molecule has 2 heterocycles. The number of carbonyl (C=O) groups is 1. The van der Waals surface area contributed by atoms with Crippen molar-refractivity contribution in [3.8, 4) is 0 Å². The molecule has 1 unspecified atom stereocenters. The lowest BCUT2D eigenvalue weighted by Gasteiger charge is -2.21. The van der Waals surface area contributed by atoms with E-state index in [1.165, 1.54) is 0 Å². The lowest BCUT2D eigenvalue weighted by molar-refractivity contribution is 0.00967. The molecular formula is C19H23N3O3. The van der Waals surface area contributed by atoms with Crippen LogP contribution in [-0.4, -0.2) is 21.1 Å². The predicted octanol–water partition coefficient (Wildman–Crippen LogP) is 3.82. The highest BCUT2D eigenvalue weighted by Gasteiger charge is 2.34. The van der Waals surface area contributed by atoms with Gasteiger partial charge in [-0.2, -0.15) is 0 Å². The zero-order valence-electron chi connectivity index (χ0n) is 14.3. The Labute approximate surface area is 147 Å². The third-order valence-electron chi connectivity index (χ3n) is 5.30. The van der Waals surface area contributed by atoms with E-state index in [1.807, 2.05) is 0 Å². The van der Waals surface area contributed by atoms with E-state index < -0.39 is 12.1 Å². The first kappa shape index (κ1) is 16.2. The van der Waals surface area contributed by atoms with Crippen molar-refractivity contribution in [3.63, 3.8) is 0 Å². The summed E-state index contributed by atoms with van der Waals surface area (Å²) in [4.78, 5) is 21.5. The molecule has 25 heavy (non-hydrogen) atoms. The van der Waals surface area contributed by atoms with E-state index in [4.69, 9.17) is 9.26 Å². The predicted molar refractivity (Wildman–Crippen MR) is 89.9 cm³/mol. The van der Waals surface area contributed by atoms with E-state index in [0.717, 1.165) is 69.1 Å². The maximum absolute atomic E-state index is 12.8. The van der Waals surface area contributed by atoms with Crippen LogP contribution in [0.25, 0.3) is 0 Å². The Hall–Kier alpha value is -2.24. The van der Waals surface area contributed by atoms with Crippen molar-refractivity contribution < 1.29 is 14.1 Å². The average molecular weight is 341 g/mol. The van der Waals surface area contributed by atoms with Crippen molar-refractivity contribution in [2.24, 2.45) is 5.92 Å². The molecule has 0 bridgehead atoms. The maximum atomic E-state index is 12.8. The summed E-state index contributed by atoms with van der Waals surface area (Å²) in [5, 5.41) is 4.02. The minimum atomic E-state index is -0.408. The van der Waals surface area contributed by atoms with Crippen molar-refractivity contribution >= 4 is 5.97 Å². The fourth-order valence-corrected chi connectivity index (χ4v) is 3.97. The summed E-state index contributed by atoms with van der Waals surface area (Å²) in [6, 6.07) is 1.77. The lowest BCUT2D eigenvalue weighted by atomic mass is 10.00. The summed E-state index contributed by atoms with van der Waals surface area (Å²) in [5.41, 5.74) is 1.28. The van der Waals surface area contributed by atoms with Gasteiger partial charge in [0.25, 0.3) is 0 Å². The fourth-order valence-electron chi connectivity index (χ4n) is 3.97. The second-order valence-electron chi connectivity index (χ2n) is 6.97. The number of aryl methyl sites for hydroxylation is 1. The summed E-state index contributed by atoms with van der Waals surface area (Å²) >= 11 is 0. The van der Waals surface area contributed by atoms with Crippen molar-refractivity contribution in [1.82, 2.24) is 15.1 Å². The standard InChI is InChI=1S/C19H23N3O3/c23-19(16-14-9-2-1-3-10-15(14)25-22-16)24-17(13-7-4-5-8-13)18-20-11-6-12-21-18/h6,11-13,17H,1-5,7-10H2. The van der Waals surface area contributed by atoms with Crippen LogP contribution in [0.5, 0.6) is 0 Å². The highest BCUT2D eigenvalue weighted by atomic mass is 16.5. The number of fused-ring (bicyclic) bond motifs is 1. The van der Waals surface area contributed by atoms with Crippen molar-refractivity contribution in [3.05, 3.63) is 41.3 Å². The third-order valence-corrected chi connectivity index (χ3v) is 5.30. The summed E-state index contributed by atoms with van der Waals surface area (Å²) < 4.78 is 11.3. The minimum absolute atomic E-state index is 0.275. The highest BCUT2D eigenvalue weighted by molar-refractivity contribution is 5.89. The van der Waals surface area contributed by atoms with E-state index in [1.54, 1.807) is 18.5 Å². The van der Waals surface area contributed by atoms with Crippen LogP contribution in [-0.2, 0) is 17.6 Å². The Morgan fingerprint density at radius 1 is 1.08 bits per heavy atom. The first-order valence-electron chi connectivity index (χ1n) is 9.28. The van der Waals surface area contributed by atoms with Crippen LogP contribution < -0.4 is 0 Å². The van der Waals surface area contributed by atoms with Gasteiger partial charge in [0, 0.05) is 30.3 Å². The maximum Gasteiger partial charge on any atom is 0.361 e. The summed E-state index contributed by atoms with van der Waals surface area (Å²) in [6.45, 7) is 0. The SMILES string of the molecule is O=C(OC(c1ncccn1)C1CCCC1)c1noc2c1CCCCC2. The summed E-state index contributed by atoms with van der Waals surface area (Å²) in [5.74, 6) is 1.29. The molecule has 0 aliphatic heterocycles. The monoisotopic (exact) mass is 341 g/mol. The normalized spacial score (nSPS) is 19.2. The smallest absolute Gasteiger partial charge is 0.361 e. The van der Waals surface area contributed by atoms with Gasteiger partial charge in [-0.3, -0.25) is 0 Å². The molecule has 0 spiro atoms. The van der Waals surface area contributed by atoms with E-state index in [9.17, 15) is 4.79 Å². The van der Waals surface area contributed by atoms with Crippen LogP contribution in [0.4, 0.5) is 0 Å². The molecule has 0 radical (unpaired) electrons. The molecule has 132 valence electrons. The third kappa shape index (κ3) is 3.43. The number of esters is 1. The molecule has 2 aromatic rings. The van der Waals surface area contributed by atoms with Crippen molar-refractivity contribution in [1.29, 1.82) is 0 Å². The van der Waals surface area contributed by atoms with E-state index in [2.05, 4.69) is 15.1 Å². The molecule has 0 N–H and O–H groups in total. The van der Waals surface area contributed by atoms with E-state index in [-0.39, 0.29) is 5.92 Å². The molecule has 2 aromatic heterocycles. The molecule has 0 amide bonds. The van der Waals surface area contributed by atoms with Gasteiger partial charge in [-0.1, -0.05) is 24.4 Å². The van der Waals surface area contributed by atoms with Gasteiger partial charge >= 0.3 is 5.97 Å². The van der Waals surface area contributed by atoms with Gasteiger partial charge in [0.2, 0.25) is 0 Å². The molecule has 0 saturated heterocycles. The summed E-state index contributed by atoms with van der Waals surface area (Å²) in [6.07, 6.45) is 12.3. The molecule has 0 aromatic carbocycles. The topological polar surface area (TPSA) is 78.1 Å². The van der Waals surface area contributed by atoms with Crippen LogP contribution in [0.2, 0.25) is 0 Å². The number of nitrogens with zero attached hydrogens (tertiary/aromatic N) is 3. The number of hydrogen-bond donors (Lipinski definition) is 0. The Bertz CT molecular complexity index is 723. The van der Waals surface area contributed by atoms with Crippen LogP contribution >= 0.6 is 0 Å². The van der Waals surface area contributed by atoms with Crippen LogP contribution in [0.1, 0.15) is 78.7 Å². The molecule has 2 aliphatic rings. The van der Waals surface area contributed by atoms with Gasteiger partial charge in [-0.15, -0.1) is 0 Å². The number of rotatable bonds is 4. The number of ether oxygens (including phenoxy) is 1. The van der Waals surface area contributed by atoms with Crippen molar-refractivity contribution in [2.45, 2.75) is 63.9 Å². The zero-order valence-corrected chi connectivity index (χ0v) is 14.3. The molecule has 6 nitrogen and oxygen atoms in total. The van der Waals surface area contributed by atoms with Gasteiger partial charge in [0.1, 0.15) is 5.76 Å². The van der Waals surface area contributed by atoms with E-state index >= 15 is 0 Å². The largest absolute Gasteiger partial charge is 0.449 e. The number of hydrogen-bond acceptors (Lipinski definition) is 6. The number of carbonyl (C=O) groups excluding carboxylic acids is 1. The Kier molecular flexibility index (Phi) is 4.76. The van der Waals surface area contributed by atoms with Gasteiger partial charge in [-0.25, -0.2) is 14.8 Å². The van der Waals surface area contributed by atoms with Crippen LogP contribution in [0.3, 0.4) is 0 Å². The molecule has 6 heteroatoms. The first-order chi connectivity index (χ1) is 12.3. The fraction of sp³-hybridized carbons (Fsp3) is 0.579. The zero-order chi connectivity index (χ0) is 17.1. The van der Waals surface area contributed by atoms with Gasteiger partial charge in [0.15, 0.2) is 17.6 Å². The van der Waals surface area contributed by atoms with Crippen LogP contribution in [0.15, 0.2) is 23.0 Å². The first-order valence-corrected chi connectivity index (χ1v) is 9.28. The van der Waals surface area contributed by atoms with E-state index in [0.29, 0.717) is 11.5 Å². The molecule has 2 aliphatic carbocycles. The molecule has 1 fully saturated rings. The second-order valence-corrected chi connectivity index (χ2v) is 6.97. The average Bonchev–Trinajstić information content (AvgIpc) is 3.26. The molecule has 1 atom stereocenters. The highest BCUT2D eigenvalue weighted by Crippen LogP contribution is 2.37. The summed E-state index contributed by atoms with van der Waals surface area (Å²) in [7, 11) is 0. The minimum Gasteiger partial charge on any atom is -0.449 e. The van der Waals surface area contributed by atoms with Gasteiger partial charge < -0.3 is 9.26 Å². The quantitative estimate of drug-likeness (QED) is 0.621. The molecule has 1 saturated carbocycles. The lowest BCUT2D eigenvalue weighted by Crippen LogP contribution is -2.21. The Morgan fingerprint density at radius 3 is 2.64 bits per heavy atom. The van der Waals surface area contributed by atoms with Crippen molar-refractivity contribution in [2.75, 3.05) is 0 Å². The second kappa shape index (κ2) is 7.33. The van der Waals surface area contributed by atoms with Crippen LogP contribution in [0, 0.1) is 5.92 Å². The Morgan fingerprint density at radius 2 is 1.84 bits per heavy atom. The van der Waals surface area contributed by atoms with Gasteiger partial charge in [0.05, 0.1) is 0 Å².